The zero-order chi connectivity index (χ0) is 14.6. The van der Waals surface area contributed by atoms with Gasteiger partial charge in [-0.15, -0.1) is 0 Å². The first-order valence-corrected chi connectivity index (χ1v) is 7.89. The molecule has 0 saturated carbocycles. The summed E-state index contributed by atoms with van der Waals surface area (Å²) in [5.41, 5.74) is 2.65. The standard InChI is InChI=1S/C17H29N3/c1-5-8-19-9-11-20(12-10-19)14-15-6-7-16(18-13-15)17(2,3)4/h6-7,13H,5,8-12,14H2,1-4H3. The van der Waals surface area contributed by atoms with Gasteiger partial charge in [0.15, 0.2) is 0 Å². The Hall–Kier alpha value is -0.930. The number of rotatable bonds is 4. The van der Waals surface area contributed by atoms with Crippen LogP contribution in [0.1, 0.15) is 45.4 Å². The molecule has 1 aliphatic rings. The van der Waals surface area contributed by atoms with Crippen LogP contribution in [0.15, 0.2) is 18.3 Å². The zero-order valence-corrected chi connectivity index (χ0v) is 13.5. The second-order valence-corrected chi connectivity index (χ2v) is 6.92. The average Bonchev–Trinajstić information content (AvgIpc) is 2.41. The minimum atomic E-state index is 0.143. The molecule has 2 rings (SSSR count). The number of hydrogen-bond acceptors (Lipinski definition) is 3. The van der Waals surface area contributed by atoms with Gasteiger partial charge in [0, 0.05) is 50.0 Å². The summed E-state index contributed by atoms with van der Waals surface area (Å²) in [5.74, 6) is 0. The Morgan fingerprint density at radius 2 is 1.70 bits per heavy atom. The Balaban J connectivity index is 1.85. The van der Waals surface area contributed by atoms with Gasteiger partial charge in [0.25, 0.3) is 0 Å². The number of nitrogens with zero attached hydrogens (tertiary/aromatic N) is 3. The molecule has 0 amide bonds. The van der Waals surface area contributed by atoms with Gasteiger partial charge in [0.05, 0.1) is 0 Å². The second kappa shape index (κ2) is 6.68. The first-order valence-electron chi connectivity index (χ1n) is 7.89. The molecular formula is C17H29N3. The van der Waals surface area contributed by atoms with Crippen LogP contribution in [0.25, 0.3) is 0 Å². The topological polar surface area (TPSA) is 19.4 Å². The molecule has 2 heterocycles. The van der Waals surface area contributed by atoms with E-state index in [1.54, 1.807) is 0 Å². The van der Waals surface area contributed by atoms with Crippen LogP contribution in [0.2, 0.25) is 0 Å². The van der Waals surface area contributed by atoms with E-state index < -0.39 is 0 Å². The molecule has 0 unspecified atom stereocenters. The fourth-order valence-corrected chi connectivity index (χ4v) is 2.71. The van der Waals surface area contributed by atoms with Crippen molar-refractivity contribution in [3.05, 3.63) is 29.6 Å². The molecule has 0 N–H and O–H groups in total. The predicted molar refractivity (Wildman–Crippen MR) is 84.9 cm³/mol. The lowest BCUT2D eigenvalue weighted by Crippen LogP contribution is -2.45. The SMILES string of the molecule is CCCN1CCN(Cc2ccc(C(C)(C)C)nc2)CC1. The van der Waals surface area contributed by atoms with Crippen LogP contribution in [-0.2, 0) is 12.0 Å². The van der Waals surface area contributed by atoms with Crippen molar-refractivity contribution < 1.29 is 0 Å². The van der Waals surface area contributed by atoms with E-state index in [1.807, 2.05) is 0 Å². The van der Waals surface area contributed by atoms with Crippen LogP contribution >= 0.6 is 0 Å². The van der Waals surface area contributed by atoms with E-state index in [2.05, 4.69) is 60.8 Å². The summed E-state index contributed by atoms with van der Waals surface area (Å²) in [6, 6.07) is 4.43. The monoisotopic (exact) mass is 275 g/mol. The Bertz CT molecular complexity index is 397. The summed E-state index contributed by atoms with van der Waals surface area (Å²) in [7, 11) is 0. The van der Waals surface area contributed by atoms with Gasteiger partial charge in [0.1, 0.15) is 0 Å². The maximum Gasteiger partial charge on any atom is 0.0457 e. The van der Waals surface area contributed by atoms with E-state index in [9.17, 15) is 0 Å². The summed E-state index contributed by atoms with van der Waals surface area (Å²) in [6.45, 7) is 16.0. The molecule has 0 bridgehead atoms. The molecule has 0 aromatic carbocycles. The van der Waals surface area contributed by atoms with Crippen LogP contribution in [0.5, 0.6) is 0 Å². The molecule has 1 aromatic rings. The third-order valence-electron chi connectivity index (χ3n) is 4.00. The van der Waals surface area contributed by atoms with Gasteiger partial charge >= 0.3 is 0 Å². The summed E-state index contributed by atoms with van der Waals surface area (Å²) in [4.78, 5) is 9.73. The number of aromatic nitrogens is 1. The maximum atomic E-state index is 4.62. The number of piperazine rings is 1. The van der Waals surface area contributed by atoms with Gasteiger partial charge in [-0.25, -0.2) is 0 Å². The molecule has 1 aliphatic heterocycles. The van der Waals surface area contributed by atoms with Gasteiger partial charge in [-0.05, 0) is 24.6 Å². The molecule has 0 spiro atoms. The number of hydrogen-bond donors (Lipinski definition) is 0. The normalized spacial score (nSPS) is 18.4. The third-order valence-corrected chi connectivity index (χ3v) is 4.00. The lowest BCUT2D eigenvalue weighted by atomic mass is 9.91. The van der Waals surface area contributed by atoms with Gasteiger partial charge < -0.3 is 4.90 Å². The summed E-state index contributed by atoms with van der Waals surface area (Å²) >= 11 is 0. The number of pyridine rings is 1. The highest BCUT2D eigenvalue weighted by molar-refractivity contribution is 5.19. The van der Waals surface area contributed by atoms with Crippen molar-refractivity contribution in [3.63, 3.8) is 0 Å². The average molecular weight is 275 g/mol. The van der Waals surface area contributed by atoms with Crippen molar-refractivity contribution >= 4 is 0 Å². The molecular weight excluding hydrogens is 246 g/mol. The minimum absolute atomic E-state index is 0.143. The van der Waals surface area contributed by atoms with Crippen molar-refractivity contribution in [1.82, 2.24) is 14.8 Å². The molecule has 3 heteroatoms. The van der Waals surface area contributed by atoms with Gasteiger partial charge in [0.2, 0.25) is 0 Å². The van der Waals surface area contributed by atoms with Crippen molar-refractivity contribution in [3.8, 4) is 0 Å². The van der Waals surface area contributed by atoms with Gasteiger partial charge in [-0.2, -0.15) is 0 Å². The predicted octanol–water partition coefficient (Wildman–Crippen LogP) is 2.91. The fourth-order valence-electron chi connectivity index (χ4n) is 2.71. The van der Waals surface area contributed by atoms with Crippen molar-refractivity contribution in [2.24, 2.45) is 0 Å². The van der Waals surface area contributed by atoms with Crippen molar-refractivity contribution in [1.29, 1.82) is 0 Å². The van der Waals surface area contributed by atoms with Crippen molar-refractivity contribution in [2.45, 2.75) is 46.1 Å². The molecule has 0 aliphatic carbocycles. The lowest BCUT2D eigenvalue weighted by Gasteiger charge is -2.34. The van der Waals surface area contributed by atoms with E-state index in [1.165, 1.54) is 50.4 Å². The lowest BCUT2D eigenvalue weighted by molar-refractivity contribution is 0.127. The Morgan fingerprint density at radius 1 is 1.05 bits per heavy atom. The molecule has 20 heavy (non-hydrogen) atoms. The van der Waals surface area contributed by atoms with Crippen LogP contribution in [-0.4, -0.2) is 47.5 Å². The molecule has 1 fully saturated rings. The summed E-state index contributed by atoms with van der Waals surface area (Å²) < 4.78 is 0. The van der Waals surface area contributed by atoms with E-state index in [-0.39, 0.29) is 5.41 Å². The van der Waals surface area contributed by atoms with E-state index in [0.717, 1.165) is 6.54 Å². The Labute approximate surface area is 124 Å². The molecule has 112 valence electrons. The van der Waals surface area contributed by atoms with Crippen molar-refractivity contribution in [2.75, 3.05) is 32.7 Å². The van der Waals surface area contributed by atoms with E-state index in [0.29, 0.717) is 0 Å². The van der Waals surface area contributed by atoms with Gasteiger partial charge in [-0.3, -0.25) is 9.88 Å². The zero-order valence-electron chi connectivity index (χ0n) is 13.5. The molecule has 1 aromatic heterocycles. The minimum Gasteiger partial charge on any atom is -0.301 e. The molecule has 0 atom stereocenters. The molecule has 1 saturated heterocycles. The quantitative estimate of drug-likeness (QED) is 0.842. The maximum absolute atomic E-state index is 4.62. The first kappa shape index (κ1) is 15.5. The smallest absolute Gasteiger partial charge is 0.0457 e. The molecule has 0 radical (unpaired) electrons. The highest BCUT2D eigenvalue weighted by Gasteiger charge is 2.17. The molecule has 3 nitrogen and oxygen atoms in total. The van der Waals surface area contributed by atoms with Gasteiger partial charge in [-0.1, -0.05) is 33.8 Å². The Morgan fingerprint density at radius 3 is 2.20 bits per heavy atom. The van der Waals surface area contributed by atoms with Crippen LogP contribution in [0.3, 0.4) is 0 Å². The van der Waals surface area contributed by atoms with E-state index in [4.69, 9.17) is 0 Å². The van der Waals surface area contributed by atoms with Crippen LogP contribution in [0, 0.1) is 0 Å². The fraction of sp³-hybridized carbons (Fsp3) is 0.706. The largest absolute Gasteiger partial charge is 0.301 e. The third kappa shape index (κ3) is 4.29. The Kier molecular flexibility index (Phi) is 5.17. The second-order valence-electron chi connectivity index (χ2n) is 6.92. The highest BCUT2D eigenvalue weighted by atomic mass is 15.3. The first-order chi connectivity index (χ1) is 9.49. The van der Waals surface area contributed by atoms with Crippen LogP contribution in [0.4, 0.5) is 0 Å². The van der Waals surface area contributed by atoms with E-state index >= 15 is 0 Å². The summed E-state index contributed by atoms with van der Waals surface area (Å²) in [5, 5.41) is 0. The highest BCUT2D eigenvalue weighted by Crippen LogP contribution is 2.20. The van der Waals surface area contributed by atoms with Crippen LogP contribution < -0.4 is 0 Å². The summed E-state index contributed by atoms with van der Waals surface area (Å²) in [6.07, 6.45) is 3.32.